The molecule has 3 aromatic rings. The number of carbonyl (C=O) groups is 1. The topological polar surface area (TPSA) is 17.1 Å². The molecule has 0 spiro atoms. The van der Waals surface area contributed by atoms with Crippen LogP contribution in [0.3, 0.4) is 0 Å². The molecule has 0 aliphatic heterocycles. The number of ketones is 1. The van der Waals surface area contributed by atoms with Crippen molar-refractivity contribution in [2.24, 2.45) is 0 Å². The number of rotatable bonds is 5. The molecule has 0 aliphatic carbocycles. The predicted octanol–water partition coefficient (Wildman–Crippen LogP) is 6.66. The molecule has 0 N–H and O–H groups in total. The standard InChI is InChI=1S/C22H17ClOS/c1-16-7-9-17(10-8-16)15-21(25-20-5-3-2-4-6-20)22(24)18-11-13-19(23)14-12-18/h2-15H,1H3/b21-15-. The molecule has 0 saturated carbocycles. The first kappa shape index (κ1) is 17.5. The molecule has 3 aromatic carbocycles. The molecule has 0 fully saturated rings. The van der Waals surface area contributed by atoms with E-state index in [4.69, 9.17) is 11.6 Å². The summed E-state index contributed by atoms with van der Waals surface area (Å²) in [6.07, 6.45) is 1.94. The van der Waals surface area contributed by atoms with Crippen molar-refractivity contribution in [1.82, 2.24) is 0 Å². The minimum atomic E-state index is -0.00825. The second kappa shape index (κ2) is 8.19. The van der Waals surface area contributed by atoms with Crippen molar-refractivity contribution in [2.45, 2.75) is 11.8 Å². The maximum Gasteiger partial charge on any atom is 0.199 e. The zero-order valence-corrected chi connectivity index (χ0v) is 15.3. The summed E-state index contributed by atoms with van der Waals surface area (Å²) in [7, 11) is 0. The average molecular weight is 365 g/mol. The molecule has 0 amide bonds. The van der Waals surface area contributed by atoms with E-state index in [2.05, 4.69) is 0 Å². The predicted molar refractivity (Wildman–Crippen MR) is 107 cm³/mol. The van der Waals surface area contributed by atoms with Gasteiger partial charge in [-0.25, -0.2) is 0 Å². The van der Waals surface area contributed by atoms with Gasteiger partial charge in [0.25, 0.3) is 0 Å². The van der Waals surface area contributed by atoms with Gasteiger partial charge in [0, 0.05) is 15.5 Å². The lowest BCUT2D eigenvalue weighted by molar-refractivity contribution is 0.104. The van der Waals surface area contributed by atoms with Crippen molar-refractivity contribution in [1.29, 1.82) is 0 Å². The monoisotopic (exact) mass is 364 g/mol. The van der Waals surface area contributed by atoms with Crippen LogP contribution >= 0.6 is 23.4 Å². The van der Waals surface area contributed by atoms with Crippen molar-refractivity contribution in [3.8, 4) is 0 Å². The zero-order chi connectivity index (χ0) is 17.6. The van der Waals surface area contributed by atoms with Gasteiger partial charge in [0.1, 0.15) is 0 Å². The average Bonchev–Trinajstić information content (AvgIpc) is 2.64. The third-order valence-corrected chi connectivity index (χ3v) is 4.96. The summed E-state index contributed by atoms with van der Waals surface area (Å²) in [5, 5.41) is 0.622. The summed E-state index contributed by atoms with van der Waals surface area (Å²) < 4.78 is 0. The Morgan fingerprint density at radius 3 is 2.16 bits per heavy atom. The molecule has 0 radical (unpaired) electrons. The van der Waals surface area contributed by atoms with Crippen LogP contribution < -0.4 is 0 Å². The number of Topliss-reactive ketones (excluding diaryl/α,β-unsaturated/α-hetero) is 1. The Morgan fingerprint density at radius 2 is 1.52 bits per heavy atom. The summed E-state index contributed by atoms with van der Waals surface area (Å²) in [6.45, 7) is 2.05. The highest BCUT2D eigenvalue weighted by molar-refractivity contribution is 8.04. The molecule has 124 valence electrons. The maximum absolute atomic E-state index is 13.0. The number of allylic oxidation sites excluding steroid dienone is 1. The molecular formula is C22H17ClOS. The lowest BCUT2D eigenvalue weighted by Crippen LogP contribution is -2.00. The van der Waals surface area contributed by atoms with Gasteiger partial charge in [-0.15, -0.1) is 0 Å². The van der Waals surface area contributed by atoms with E-state index in [1.54, 1.807) is 24.3 Å². The van der Waals surface area contributed by atoms with Crippen molar-refractivity contribution in [2.75, 3.05) is 0 Å². The van der Waals surface area contributed by atoms with E-state index in [0.717, 1.165) is 10.5 Å². The Morgan fingerprint density at radius 1 is 0.880 bits per heavy atom. The molecule has 0 heterocycles. The molecular weight excluding hydrogens is 348 g/mol. The molecule has 1 nitrogen and oxygen atoms in total. The van der Waals surface area contributed by atoms with Gasteiger partial charge in [-0.3, -0.25) is 4.79 Å². The van der Waals surface area contributed by atoms with E-state index in [1.165, 1.54) is 17.3 Å². The van der Waals surface area contributed by atoms with E-state index >= 15 is 0 Å². The van der Waals surface area contributed by atoms with Crippen molar-refractivity contribution < 1.29 is 4.79 Å². The lowest BCUT2D eigenvalue weighted by Gasteiger charge is -2.08. The van der Waals surface area contributed by atoms with Crippen LogP contribution in [0.25, 0.3) is 6.08 Å². The van der Waals surface area contributed by atoms with Crippen molar-refractivity contribution in [3.05, 3.63) is 105 Å². The molecule has 0 unspecified atom stereocenters. The maximum atomic E-state index is 13.0. The number of benzene rings is 3. The molecule has 0 aliphatic rings. The van der Waals surface area contributed by atoms with Crippen LogP contribution in [0.2, 0.25) is 5.02 Å². The molecule has 3 rings (SSSR count). The second-order valence-electron chi connectivity index (χ2n) is 5.67. The van der Waals surface area contributed by atoms with Crippen LogP contribution in [0.1, 0.15) is 21.5 Å². The summed E-state index contributed by atoms with van der Waals surface area (Å²) in [6, 6.07) is 25.1. The summed E-state index contributed by atoms with van der Waals surface area (Å²) >= 11 is 7.41. The first-order chi connectivity index (χ1) is 12.1. The van der Waals surface area contributed by atoms with Gasteiger partial charge in [0.2, 0.25) is 0 Å². The fourth-order valence-corrected chi connectivity index (χ4v) is 3.39. The summed E-state index contributed by atoms with van der Waals surface area (Å²) in [4.78, 5) is 14.7. The zero-order valence-electron chi connectivity index (χ0n) is 13.8. The molecule has 3 heteroatoms. The minimum Gasteiger partial charge on any atom is -0.288 e. The number of hydrogen-bond donors (Lipinski definition) is 0. The molecule has 25 heavy (non-hydrogen) atoms. The fraction of sp³-hybridized carbons (Fsp3) is 0.0455. The Bertz CT molecular complexity index is 882. The third-order valence-electron chi connectivity index (χ3n) is 3.68. The van der Waals surface area contributed by atoms with Crippen LogP contribution in [0, 0.1) is 6.92 Å². The van der Waals surface area contributed by atoms with Crippen molar-refractivity contribution in [3.63, 3.8) is 0 Å². The quantitative estimate of drug-likeness (QED) is 0.286. The van der Waals surface area contributed by atoms with Gasteiger partial charge in [0.15, 0.2) is 5.78 Å². The van der Waals surface area contributed by atoms with E-state index in [9.17, 15) is 4.79 Å². The smallest absolute Gasteiger partial charge is 0.199 e. The Balaban J connectivity index is 1.97. The van der Waals surface area contributed by atoms with Gasteiger partial charge >= 0.3 is 0 Å². The molecule has 0 atom stereocenters. The van der Waals surface area contributed by atoms with Crippen LogP contribution in [-0.4, -0.2) is 5.78 Å². The van der Waals surface area contributed by atoms with Crippen LogP contribution in [-0.2, 0) is 0 Å². The Labute approximate surface area is 157 Å². The molecule has 0 bridgehead atoms. The summed E-state index contributed by atoms with van der Waals surface area (Å²) in [5.74, 6) is -0.00825. The fourth-order valence-electron chi connectivity index (χ4n) is 2.31. The molecule has 0 saturated heterocycles. The highest BCUT2D eigenvalue weighted by Crippen LogP contribution is 2.31. The van der Waals surface area contributed by atoms with Gasteiger partial charge < -0.3 is 0 Å². The number of halogens is 1. The normalized spacial score (nSPS) is 11.4. The van der Waals surface area contributed by atoms with Crippen LogP contribution in [0.4, 0.5) is 0 Å². The van der Waals surface area contributed by atoms with Gasteiger partial charge in [0.05, 0.1) is 4.91 Å². The van der Waals surface area contributed by atoms with Crippen molar-refractivity contribution >= 4 is 35.2 Å². The van der Waals surface area contributed by atoms with E-state index in [-0.39, 0.29) is 5.78 Å². The number of carbonyl (C=O) groups excluding carboxylic acids is 1. The Kier molecular flexibility index (Phi) is 5.75. The van der Waals surface area contributed by atoms with E-state index in [0.29, 0.717) is 15.5 Å². The van der Waals surface area contributed by atoms with Crippen LogP contribution in [0.5, 0.6) is 0 Å². The SMILES string of the molecule is Cc1ccc(/C=C(\Sc2ccccc2)C(=O)c2ccc(Cl)cc2)cc1. The third kappa shape index (κ3) is 4.85. The summed E-state index contributed by atoms with van der Waals surface area (Å²) in [5.41, 5.74) is 2.83. The molecule has 0 aromatic heterocycles. The first-order valence-corrected chi connectivity index (χ1v) is 9.13. The highest BCUT2D eigenvalue weighted by Gasteiger charge is 2.14. The number of thioether (sulfide) groups is 1. The van der Waals surface area contributed by atoms with Crippen LogP contribution in [0.15, 0.2) is 88.7 Å². The minimum absolute atomic E-state index is 0.00825. The van der Waals surface area contributed by atoms with E-state index in [1.807, 2.05) is 67.6 Å². The number of aryl methyl sites for hydroxylation is 1. The van der Waals surface area contributed by atoms with E-state index < -0.39 is 0 Å². The highest BCUT2D eigenvalue weighted by atomic mass is 35.5. The second-order valence-corrected chi connectivity index (χ2v) is 7.22. The lowest BCUT2D eigenvalue weighted by atomic mass is 10.1. The first-order valence-electron chi connectivity index (χ1n) is 7.93. The van der Waals surface area contributed by atoms with Gasteiger partial charge in [-0.1, -0.05) is 71.4 Å². The Hall–Kier alpha value is -2.29. The number of hydrogen-bond acceptors (Lipinski definition) is 2. The van der Waals surface area contributed by atoms with Gasteiger partial charge in [-0.05, 0) is 55.0 Å². The van der Waals surface area contributed by atoms with Gasteiger partial charge in [-0.2, -0.15) is 0 Å². The largest absolute Gasteiger partial charge is 0.288 e.